The molecule has 0 aromatic heterocycles. The summed E-state index contributed by atoms with van der Waals surface area (Å²) in [5.41, 5.74) is -0.233. The summed E-state index contributed by atoms with van der Waals surface area (Å²) in [5, 5.41) is 8.66. The second-order valence-corrected chi connectivity index (χ2v) is 7.64. The summed E-state index contributed by atoms with van der Waals surface area (Å²) >= 11 is 0. The van der Waals surface area contributed by atoms with Crippen LogP contribution in [0.5, 0.6) is 5.75 Å². The number of benzene rings is 2. The predicted octanol–water partition coefficient (Wildman–Crippen LogP) is 7.20. The second kappa shape index (κ2) is 9.34. The molecule has 3 rings (SSSR count). The van der Waals surface area contributed by atoms with Crippen LogP contribution in [-0.4, -0.2) is 0 Å². The number of nitrogens with zero attached hydrogens (tertiary/aromatic N) is 1. The number of ether oxygens (including phenoxy) is 1. The Morgan fingerprint density at radius 1 is 1.07 bits per heavy atom. The molecule has 0 radical (unpaired) electrons. The van der Waals surface area contributed by atoms with Gasteiger partial charge in [0.2, 0.25) is 0 Å². The van der Waals surface area contributed by atoms with Crippen LogP contribution < -0.4 is 4.74 Å². The van der Waals surface area contributed by atoms with Crippen LogP contribution in [0, 0.1) is 28.9 Å². The maximum absolute atomic E-state index is 14.5. The lowest BCUT2D eigenvalue weighted by atomic mass is 9.77. The molecular formula is C24H23F4NO. The molecule has 158 valence electrons. The molecule has 0 bridgehead atoms. The summed E-state index contributed by atoms with van der Waals surface area (Å²) < 4.78 is 60.8. The average molecular weight is 417 g/mol. The van der Waals surface area contributed by atoms with Crippen molar-refractivity contribution in [2.45, 2.75) is 51.1 Å². The number of halogens is 4. The molecule has 0 heterocycles. The van der Waals surface area contributed by atoms with E-state index in [4.69, 9.17) is 5.26 Å². The van der Waals surface area contributed by atoms with E-state index in [-0.39, 0.29) is 0 Å². The smallest absolute Gasteiger partial charge is 0.426 e. The van der Waals surface area contributed by atoms with Gasteiger partial charge in [0.15, 0.2) is 0 Å². The van der Waals surface area contributed by atoms with Crippen molar-refractivity contribution < 1.29 is 22.3 Å². The zero-order valence-corrected chi connectivity index (χ0v) is 16.7. The van der Waals surface area contributed by atoms with E-state index in [2.05, 4.69) is 16.9 Å². The maximum atomic E-state index is 14.5. The largest absolute Gasteiger partial charge is 0.429 e. The molecule has 30 heavy (non-hydrogen) atoms. The third-order valence-corrected chi connectivity index (χ3v) is 5.64. The van der Waals surface area contributed by atoms with E-state index < -0.39 is 34.6 Å². The zero-order chi connectivity index (χ0) is 21.7. The molecule has 1 aliphatic carbocycles. The fraction of sp³-hybridized carbons (Fsp3) is 0.375. The number of rotatable bonds is 6. The molecule has 0 saturated heterocycles. The van der Waals surface area contributed by atoms with Crippen molar-refractivity contribution in [1.29, 1.82) is 5.26 Å². The summed E-state index contributed by atoms with van der Waals surface area (Å²) in [6.45, 7) is 2.01. The average Bonchev–Trinajstić information content (AvgIpc) is 2.72. The monoisotopic (exact) mass is 417 g/mol. The van der Waals surface area contributed by atoms with Crippen LogP contribution in [-0.2, 0) is 6.11 Å². The van der Waals surface area contributed by atoms with Crippen LogP contribution >= 0.6 is 0 Å². The highest BCUT2D eigenvalue weighted by atomic mass is 19.3. The SMILES string of the molecule is C/C=C\C[C@H]1CC[C@H](c2ccc(C(F)(F)Oc3cc(F)c(C#N)c(F)c3)cc2)CC1. The molecule has 0 spiro atoms. The molecule has 1 aliphatic rings. The summed E-state index contributed by atoms with van der Waals surface area (Å²) in [4.78, 5) is 0. The van der Waals surface area contributed by atoms with Crippen molar-refractivity contribution in [1.82, 2.24) is 0 Å². The molecule has 2 aromatic rings. The quantitative estimate of drug-likeness (QED) is 0.368. The summed E-state index contributed by atoms with van der Waals surface area (Å²) in [6.07, 6.45) is 5.85. The first-order valence-corrected chi connectivity index (χ1v) is 10.0. The van der Waals surface area contributed by atoms with Gasteiger partial charge >= 0.3 is 6.11 Å². The summed E-state index contributed by atoms with van der Waals surface area (Å²) in [6, 6.07) is 8.42. The lowest BCUT2D eigenvalue weighted by molar-refractivity contribution is -0.185. The van der Waals surface area contributed by atoms with Gasteiger partial charge in [0.25, 0.3) is 0 Å². The topological polar surface area (TPSA) is 33.0 Å². The van der Waals surface area contributed by atoms with Crippen molar-refractivity contribution in [2.75, 3.05) is 0 Å². The van der Waals surface area contributed by atoms with Gasteiger partial charge in [-0.2, -0.15) is 14.0 Å². The molecule has 0 unspecified atom stereocenters. The standard InChI is InChI=1S/C24H23F4NO/c1-2-3-4-16-5-7-17(8-6-16)18-9-11-19(12-10-18)24(27,28)30-20-13-22(25)21(15-29)23(26)14-20/h2-3,9-14,16-17H,4-8H2,1H3/b3-2-/t16-,17-. The van der Waals surface area contributed by atoms with E-state index in [0.717, 1.165) is 37.7 Å². The molecule has 2 aromatic carbocycles. The van der Waals surface area contributed by atoms with Gasteiger partial charge in [-0.25, -0.2) is 8.78 Å². The Morgan fingerprint density at radius 3 is 2.20 bits per heavy atom. The van der Waals surface area contributed by atoms with Gasteiger partial charge in [0.05, 0.1) is 5.56 Å². The van der Waals surface area contributed by atoms with Gasteiger partial charge in [-0.3, -0.25) is 0 Å². The third kappa shape index (κ3) is 5.02. The summed E-state index contributed by atoms with van der Waals surface area (Å²) in [7, 11) is 0. The first-order valence-electron chi connectivity index (χ1n) is 10.0. The van der Waals surface area contributed by atoms with E-state index in [1.165, 1.54) is 18.2 Å². The van der Waals surface area contributed by atoms with Crippen molar-refractivity contribution >= 4 is 0 Å². The van der Waals surface area contributed by atoms with Crippen LogP contribution in [0.15, 0.2) is 48.6 Å². The van der Waals surface area contributed by atoms with Crippen molar-refractivity contribution in [3.8, 4) is 11.8 Å². The van der Waals surface area contributed by atoms with Crippen LogP contribution in [0.4, 0.5) is 17.6 Å². The Kier molecular flexibility index (Phi) is 6.81. The van der Waals surface area contributed by atoms with E-state index >= 15 is 0 Å². The van der Waals surface area contributed by atoms with Crippen molar-refractivity contribution in [3.05, 3.63) is 76.9 Å². The molecule has 6 heteroatoms. The highest BCUT2D eigenvalue weighted by molar-refractivity contribution is 5.38. The van der Waals surface area contributed by atoms with Gasteiger partial charge in [-0.1, -0.05) is 24.3 Å². The first-order chi connectivity index (χ1) is 14.3. The normalized spacial score (nSPS) is 19.6. The third-order valence-electron chi connectivity index (χ3n) is 5.64. The molecule has 0 atom stereocenters. The molecule has 2 nitrogen and oxygen atoms in total. The highest BCUT2D eigenvalue weighted by Crippen LogP contribution is 2.39. The Morgan fingerprint density at radius 2 is 1.67 bits per heavy atom. The minimum absolute atomic E-state index is 0.345. The fourth-order valence-corrected chi connectivity index (χ4v) is 3.93. The first kappa shape index (κ1) is 21.9. The lowest BCUT2D eigenvalue weighted by Gasteiger charge is -2.28. The molecule has 0 N–H and O–H groups in total. The highest BCUT2D eigenvalue weighted by Gasteiger charge is 2.35. The Labute approximate surface area is 173 Å². The minimum Gasteiger partial charge on any atom is -0.429 e. The molecule has 1 saturated carbocycles. The van der Waals surface area contributed by atoms with E-state index in [9.17, 15) is 17.6 Å². The minimum atomic E-state index is -3.77. The number of hydrogen-bond donors (Lipinski definition) is 0. The molecule has 1 fully saturated rings. The van der Waals surface area contributed by atoms with Crippen LogP contribution in [0.3, 0.4) is 0 Å². The molecular weight excluding hydrogens is 394 g/mol. The number of hydrogen-bond acceptors (Lipinski definition) is 2. The van der Waals surface area contributed by atoms with Crippen molar-refractivity contribution in [2.24, 2.45) is 5.92 Å². The van der Waals surface area contributed by atoms with E-state index in [1.807, 2.05) is 6.92 Å². The van der Waals surface area contributed by atoms with Crippen molar-refractivity contribution in [3.63, 3.8) is 0 Å². The zero-order valence-electron chi connectivity index (χ0n) is 16.7. The van der Waals surface area contributed by atoms with Crippen LogP contribution in [0.1, 0.15) is 61.6 Å². The molecule has 0 amide bonds. The predicted molar refractivity (Wildman–Crippen MR) is 106 cm³/mol. The fourth-order valence-electron chi connectivity index (χ4n) is 3.93. The Hall–Kier alpha value is -2.81. The number of alkyl halides is 2. The van der Waals surface area contributed by atoms with Crippen LogP contribution in [0.2, 0.25) is 0 Å². The van der Waals surface area contributed by atoms with Crippen LogP contribution in [0.25, 0.3) is 0 Å². The van der Waals surface area contributed by atoms with Gasteiger partial charge in [0, 0.05) is 12.1 Å². The second-order valence-electron chi connectivity index (χ2n) is 7.64. The summed E-state index contributed by atoms with van der Waals surface area (Å²) in [5.74, 6) is -2.15. The molecule has 0 aliphatic heterocycles. The number of allylic oxidation sites excluding steroid dienone is 2. The van der Waals surface area contributed by atoms with Gasteiger partial charge in [0.1, 0.15) is 29.0 Å². The number of nitriles is 1. The van der Waals surface area contributed by atoms with Gasteiger partial charge < -0.3 is 4.74 Å². The van der Waals surface area contributed by atoms with E-state index in [0.29, 0.717) is 24.0 Å². The maximum Gasteiger partial charge on any atom is 0.426 e. The Bertz CT molecular complexity index is 916. The lowest BCUT2D eigenvalue weighted by Crippen LogP contribution is -2.22. The van der Waals surface area contributed by atoms with Gasteiger partial charge in [-0.15, -0.1) is 0 Å². The van der Waals surface area contributed by atoms with E-state index in [1.54, 1.807) is 12.1 Å². The van der Waals surface area contributed by atoms with Gasteiger partial charge in [-0.05, 0) is 68.6 Å². The Balaban J connectivity index is 1.67.